The summed E-state index contributed by atoms with van der Waals surface area (Å²) in [4.78, 5) is 12.1. The topological polar surface area (TPSA) is 45.7 Å². The Kier molecular flexibility index (Phi) is 6.46. The minimum absolute atomic E-state index is 0.0172. The molecule has 2 aromatic rings. The number of hydrogen-bond donors (Lipinski definition) is 2. The standard InChI is InChI=1S/C18H20Cl2N2O/c1-12(14-6-5-7-15(19)10-14)22-18(23)11-21-13(2)16-8-3-4-9-17(16)20/h3-10,12-13,21H,11H2,1-2H3,(H,22,23)/p+1/t12-,13+/m1/s1. The van der Waals surface area contributed by atoms with Crippen LogP contribution in [0.25, 0.3) is 0 Å². The van der Waals surface area contributed by atoms with Crippen molar-refractivity contribution in [3.8, 4) is 0 Å². The summed E-state index contributed by atoms with van der Waals surface area (Å²) < 4.78 is 0. The van der Waals surface area contributed by atoms with E-state index >= 15 is 0 Å². The molecule has 0 saturated carbocycles. The zero-order valence-electron chi connectivity index (χ0n) is 13.2. The average molecular weight is 352 g/mol. The van der Waals surface area contributed by atoms with Crippen LogP contribution in [0, 0.1) is 0 Å². The number of nitrogens with one attached hydrogen (secondary N) is 1. The number of carbonyl (C=O) groups is 1. The highest BCUT2D eigenvalue weighted by molar-refractivity contribution is 6.31. The Morgan fingerprint density at radius 2 is 1.87 bits per heavy atom. The van der Waals surface area contributed by atoms with Crippen molar-refractivity contribution in [3.63, 3.8) is 0 Å². The van der Waals surface area contributed by atoms with Crippen LogP contribution >= 0.6 is 23.2 Å². The number of hydrogen-bond acceptors (Lipinski definition) is 1. The minimum atomic E-state index is -0.0785. The number of halogens is 2. The van der Waals surface area contributed by atoms with Gasteiger partial charge in [0.2, 0.25) is 0 Å². The summed E-state index contributed by atoms with van der Waals surface area (Å²) in [6.07, 6.45) is 0. The first kappa shape index (κ1) is 17.8. The molecule has 3 nitrogen and oxygen atoms in total. The number of amides is 1. The third-order valence-electron chi connectivity index (χ3n) is 3.78. The molecule has 0 aliphatic carbocycles. The first-order valence-corrected chi connectivity index (χ1v) is 8.35. The Balaban J connectivity index is 1.86. The number of rotatable bonds is 6. The van der Waals surface area contributed by atoms with Crippen molar-refractivity contribution in [2.24, 2.45) is 0 Å². The molecule has 0 aliphatic rings. The largest absolute Gasteiger partial charge is 0.345 e. The van der Waals surface area contributed by atoms with Gasteiger partial charge in [0.25, 0.3) is 5.91 Å². The van der Waals surface area contributed by atoms with Crippen LogP contribution in [0.2, 0.25) is 10.0 Å². The molecule has 0 spiro atoms. The zero-order chi connectivity index (χ0) is 16.8. The molecule has 0 fully saturated rings. The second-order valence-corrected chi connectivity index (χ2v) is 6.44. The highest BCUT2D eigenvalue weighted by Crippen LogP contribution is 2.19. The SMILES string of the molecule is C[C@H]([NH2+]CC(=O)N[C@H](C)c1cccc(Cl)c1)c1ccccc1Cl. The molecule has 0 bridgehead atoms. The van der Waals surface area contributed by atoms with Gasteiger partial charge < -0.3 is 10.6 Å². The Bertz CT molecular complexity index is 676. The molecule has 1 amide bonds. The molecule has 5 heteroatoms. The Morgan fingerprint density at radius 3 is 2.57 bits per heavy atom. The monoisotopic (exact) mass is 351 g/mol. The number of quaternary nitrogens is 1. The normalized spacial score (nSPS) is 13.4. The van der Waals surface area contributed by atoms with E-state index in [-0.39, 0.29) is 18.0 Å². The van der Waals surface area contributed by atoms with Gasteiger partial charge in [0, 0.05) is 15.6 Å². The van der Waals surface area contributed by atoms with Crippen molar-refractivity contribution in [2.75, 3.05) is 6.54 Å². The van der Waals surface area contributed by atoms with Crippen LogP contribution in [0.1, 0.15) is 37.1 Å². The van der Waals surface area contributed by atoms with E-state index in [0.717, 1.165) is 16.1 Å². The van der Waals surface area contributed by atoms with Crippen molar-refractivity contribution in [2.45, 2.75) is 25.9 Å². The van der Waals surface area contributed by atoms with Crippen LogP contribution in [-0.4, -0.2) is 12.5 Å². The molecule has 0 saturated heterocycles. The molecule has 2 aromatic carbocycles. The molecule has 0 unspecified atom stereocenters. The molecule has 2 atom stereocenters. The van der Waals surface area contributed by atoms with E-state index in [9.17, 15) is 4.79 Å². The van der Waals surface area contributed by atoms with Crippen LogP contribution in [0.15, 0.2) is 48.5 Å². The molecule has 3 N–H and O–H groups in total. The fourth-order valence-corrected chi connectivity index (χ4v) is 2.92. The number of nitrogens with two attached hydrogens (primary N) is 1. The summed E-state index contributed by atoms with van der Waals surface area (Å²) in [7, 11) is 0. The van der Waals surface area contributed by atoms with Crippen molar-refractivity contribution in [1.82, 2.24) is 5.32 Å². The molecule has 0 heterocycles. The molecule has 23 heavy (non-hydrogen) atoms. The van der Waals surface area contributed by atoms with Gasteiger partial charge in [0.05, 0.1) is 6.04 Å². The Labute approximate surface area is 147 Å². The highest BCUT2D eigenvalue weighted by atomic mass is 35.5. The van der Waals surface area contributed by atoms with Crippen molar-refractivity contribution in [3.05, 3.63) is 69.7 Å². The van der Waals surface area contributed by atoms with Crippen LogP contribution in [0.3, 0.4) is 0 Å². The maximum absolute atomic E-state index is 12.1. The highest BCUT2D eigenvalue weighted by Gasteiger charge is 2.15. The lowest BCUT2D eigenvalue weighted by molar-refractivity contribution is -0.682. The lowest BCUT2D eigenvalue weighted by Crippen LogP contribution is -2.87. The van der Waals surface area contributed by atoms with E-state index in [1.807, 2.05) is 67.7 Å². The van der Waals surface area contributed by atoms with Crippen LogP contribution < -0.4 is 10.6 Å². The minimum Gasteiger partial charge on any atom is -0.345 e. The Hall–Kier alpha value is -1.55. The third kappa shape index (κ3) is 5.24. The lowest BCUT2D eigenvalue weighted by atomic mass is 10.1. The smallest absolute Gasteiger partial charge is 0.275 e. The maximum Gasteiger partial charge on any atom is 0.275 e. The third-order valence-corrected chi connectivity index (χ3v) is 4.36. The van der Waals surface area contributed by atoms with Gasteiger partial charge in [-0.1, -0.05) is 53.5 Å². The summed E-state index contributed by atoms with van der Waals surface area (Å²) in [6, 6.07) is 15.3. The van der Waals surface area contributed by atoms with Gasteiger partial charge in [-0.25, -0.2) is 0 Å². The zero-order valence-corrected chi connectivity index (χ0v) is 14.7. The fourth-order valence-electron chi connectivity index (χ4n) is 2.41. The van der Waals surface area contributed by atoms with Gasteiger partial charge in [0.15, 0.2) is 6.54 Å². The van der Waals surface area contributed by atoms with Gasteiger partial charge in [-0.3, -0.25) is 4.79 Å². The molecule has 122 valence electrons. The van der Waals surface area contributed by atoms with E-state index in [2.05, 4.69) is 5.32 Å². The molecule has 0 radical (unpaired) electrons. The summed E-state index contributed by atoms with van der Waals surface area (Å²) in [5, 5.41) is 6.35. The van der Waals surface area contributed by atoms with Crippen LogP contribution in [-0.2, 0) is 4.79 Å². The predicted molar refractivity (Wildman–Crippen MR) is 94.7 cm³/mol. The average Bonchev–Trinajstić information content (AvgIpc) is 2.53. The van der Waals surface area contributed by atoms with Crippen molar-refractivity contribution >= 4 is 29.1 Å². The number of carbonyl (C=O) groups excluding carboxylic acids is 1. The Morgan fingerprint density at radius 1 is 1.13 bits per heavy atom. The van der Waals surface area contributed by atoms with Gasteiger partial charge >= 0.3 is 0 Å². The van der Waals surface area contributed by atoms with Crippen molar-refractivity contribution < 1.29 is 10.1 Å². The van der Waals surface area contributed by atoms with E-state index in [0.29, 0.717) is 11.6 Å². The molecular formula is C18H21Cl2N2O+. The predicted octanol–water partition coefficient (Wildman–Crippen LogP) is 3.50. The molecule has 0 aliphatic heterocycles. The van der Waals surface area contributed by atoms with Gasteiger partial charge in [-0.15, -0.1) is 0 Å². The van der Waals surface area contributed by atoms with Gasteiger partial charge in [-0.2, -0.15) is 0 Å². The molecular weight excluding hydrogens is 331 g/mol. The summed E-state index contributed by atoms with van der Waals surface area (Å²) >= 11 is 12.2. The molecule has 0 aromatic heterocycles. The van der Waals surface area contributed by atoms with Crippen LogP contribution in [0.4, 0.5) is 0 Å². The van der Waals surface area contributed by atoms with Gasteiger partial charge in [0.1, 0.15) is 6.04 Å². The first-order valence-electron chi connectivity index (χ1n) is 7.60. The second kappa shape index (κ2) is 8.34. The van der Waals surface area contributed by atoms with Crippen molar-refractivity contribution in [1.29, 1.82) is 0 Å². The summed E-state index contributed by atoms with van der Waals surface area (Å²) in [5.74, 6) is -0.0172. The number of benzene rings is 2. The lowest BCUT2D eigenvalue weighted by Gasteiger charge is -2.16. The second-order valence-electron chi connectivity index (χ2n) is 5.59. The van der Waals surface area contributed by atoms with Crippen LogP contribution in [0.5, 0.6) is 0 Å². The first-order chi connectivity index (χ1) is 11.0. The maximum atomic E-state index is 12.1. The van der Waals surface area contributed by atoms with Gasteiger partial charge in [-0.05, 0) is 37.6 Å². The summed E-state index contributed by atoms with van der Waals surface area (Å²) in [5.41, 5.74) is 2.02. The fraction of sp³-hybridized carbons (Fsp3) is 0.278. The summed E-state index contributed by atoms with van der Waals surface area (Å²) in [6.45, 7) is 4.33. The van der Waals surface area contributed by atoms with E-state index < -0.39 is 0 Å². The van der Waals surface area contributed by atoms with E-state index in [1.165, 1.54) is 0 Å². The van der Waals surface area contributed by atoms with E-state index in [4.69, 9.17) is 23.2 Å². The molecule has 2 rings (SSSR count). The quantitative estimate of drug-likeness (QED) is 0.821. The van der Waals surface area contributed by atoms with E-state index in [1.54, 1.807) is 0 Å².